The fraction of sp³-hybridized carbons (Fsp3) is 0.333. The lowest BCUT2D eigenvalue weighted by Gasteiger charge is -2.27. The van der Waals surface area contributed by atoms with Gasteiger partial charge >= 0.3 is 0 Å². The second kappa shape index (κ2) is 7.51. The fourth-order valence-electron chi connectivity index (χ4n) is 2.98. The standard InChI is InChI=1S/C21H24N2O2/c1-15(2)23(14-18-7-5-4-6-8-18)21(24)12-10-17-9-11-20-19(13-17)22-16(3)25-20/h4-9,11,13,15H,10,12,14H2,1-3H3. The molecule has 4 heteroatoms. The van der Waals surface area contributed by atoms with Gasteiger partial charge in [0.05, 0.1) is 0 Å². The minimum Gasteiger partial charge on any atom is -0.441 e. The molecule has 3 rings (SSSR count). The van der Waals surface area contributed by atoms with Gasteiger partial charge in [0, 0.05) is 25.9 Å². The number of oxazole rings is 1. The van der Waals surface area contributed by atoms with Crippen LogP contribution in [0.3, 0.4) is 0 Å². The Balaban J connectivity index is 1.66. The molecule has 1 heterocycles. The Morgan fingerprint density at radius 3 is 2.60 bits per heavy atom. The third kappa shape index (κ3) is 4.27. The lowest BCUT2D eigenvalue weighted by molar-refractivity contribution is -0.133. The molecule has 0 atom stereocenters. The van der Waals surface area contributed by atoms with Crippen LogP contribution < -0.4 is 0 Å². The largest absolute Gasteiger partial charge is 0.441 e. The van der Waals surface area contributed by atoms with Crippen LogP contribution in [0.5, 0.6) is 0 Å². The predicted octanol–water partition coefficient (Wildman–Crippen LogP) is 4.51. The molecule has 0 saturated carbocycles. The average Bonchev–Trinajstić information content (AvgIpc) is 2.97. The summed E-state index contributed by atoms with van der Waals surface area (Å²) in [5, 5.41) is 0. The number of benzene rings is 2. The van der Waals surface area contributed by atoms with Gasteiger partial charge in [0.25, 0.3) is 0 Å². The van der Waals surface area contributed by atoms with Crippen molar-refractivity contribution in [3.63, 3.8) is 0 Å². The van der Waals surface area contributed by atoms with Crippen molar-refractivity contribution < 1.29 is 9.21 Å². The molecule has 0 aliphatic heterocycles. The van der Waals surface area contributed by atoms with Crippen LogP contribution >= 0.6 is 0 Å². The quantitative estimate of drug-likeness (QED) is 0.665. The van der Waals surface area contributed by atoms with E-state index in [0.717, 1.165) is 22.2 Å². The molecule has 0 unspecified atom stereocenters. The van der Waals surface area contributed by atoms with Crippen LogP contribution in [-0.4, -0.2) is 21.8 Å². The van der Waals surface area contributed by atoms with Crippen molar-refractivity contribution in [3.8, 4) is 0 Å². The van der Waals surface area contributed by atoms with Crippen molar-refractivity contribution in [3.05, 3.63) is 65.5 Å². The Labute approximate surface area is 148 Å². The van der Waals surface area contributed by atoms with E-state index < -0.39 is 0 Å². The van der Waals surface area contributed by atoms with Crippen LogP contribution in [0.1, 0.15) is 37.3 Å². The number of rotatable bonds is 6. The maximum absolute atomic E-state index is 12.7. The van der Waals surface area contributed by atoms with E-state index in [1.54, 1.807) is 0 Å². The molecule has 0 aliphatic carbocycles. The zero-order valence-electron chi connectivity index (χ0n) is 15.0. The van der Waals surface area contributed by atoms with Crippen LogP contribution in [-0.2, 0) is 17.8 Å². The molecule has 1 aromatic heterocycles. The van der Waals surface area contributed by atoms with Crippen LogP contribution in [0.25, 0.3) is 11.1 Å². The number of aromatic nitrogens is 1. The molecular weight excluding hydrogens is 312 g/mol. The highest BCUT2D eigenvalue weighted by molar-refractivity contribution is 5.77. The lowest BCUT2D eigenvalue weighted by Crippen LogP contribution is -2.36. The second-order valence-corrected chi connectivity index (χ2v) is 6.64. The molecular formula is C21H24N2O2. The molecule has 0 radical (unpaired) electrons. The first kappa shape index (κ1) is 17.2. The summed E-state index contributed by atoms with van der Waals surface area (Å²) in [4.78, 5) is 19.0. The summed E-state index contributed by atoms with van der Waals surface area (Å²) in [6.07, 6.45) is 1.20. The van der Waals surface area contributed by atoms with Gasteiger partial charge in [0.15, 0.2) is 11.5 Å². The van der Waals surface area contributed by atoms with Crippen LogP contribution in [0.15, 0.2) is 52.9 Å². The molecule has 3 aromatic rings. The van der Waals surface area contributed by atoms with E-state index in [1.165, 1.54) is 0 Å². The van der Waals surface area contributed by atoms with Gasteiger partial charge in [-0.3, -0.25) is 4.79 Å². The van der Waals surface area contributed by atoms with E-state index in [4.69, 9.17) is 4.42 Å². The van der Waals surface area contributed by atoms with E-state index >= 15 is 0 Å². The normalized spacial score (nSPS) is 11.2. The minimum atomic E-state index is 0.174. The van der Waals surface area contributed by atoms with Crippen molar-refractivity contribution >= 4 is 17.0 Å². The van der Waals surface area contributed by atoms with Crippen molar-refractivity contribution in [1.82, 2.24) is 9.88 Å². The first-order valence-corrected chi connectivity index (χ1v) is 8.72. The third-order valence-corrected chi connectivity index (χ3v) is 4.33. The van der Waals surface area contributed by atoms with Crippen molar-refractivity contribution in [2.75, 3.05) is 0 Å². The van der Waals surface area contributed by atoms with Crippen molar-refractivity contribution in [2.45, 2.75) is 46.2 Å². The summed E-state index contributed by atoms with van der Waals surface area (Å²) in [5.41, 5.74) is 3.91. The third-order valence-electron chi connectivity index (χ3n) is 4.33. The number of carbonyl (C=O) groups excluding carboxylic acids is 1. The van der Waals surface area contributed by atoms with Gasteiger partial charge < -0.3 is 9.32 Å². The number of nitrogens with zero attached hydrogens (tertiary/aromatic N) is 2. The number of hydrogen-bond donors (Lipinski definition) is 0. The number of carbonyl (C=O) groups is 1. The highest BCUT2D eigenvalue weighted by Crippen LogP contribution is 2.18. The molecule has 0 fully saturated rings. The molecule has 0 bridgehead atoms. The summed E-state index contributed by atoms with van der Waals surface area (Å²) in [5.74, 6) is 0.840. The first-order chi connectivity index (χ1) is 12.0. The maximum Gasteiger partial charge on any atom is 0.223 e. The van der Waals surface area contributed by atoms with Crippen LogP contribution in [0.4, 0.5) is 0 Å². The zero-order valence-corrected chi connectivity index (χ0v) is 15.0. The Bertz CT molecular complexity index is 853. The predicted molar refractivity (Wildman–Crippen MR) is 99.2 cm³/mol. The maximum atomic E-state index is 12.7. The van der Waals surface area contributed by atoms with Crippen LogP contribution in [0, 0.1) is 6.92 Å². The van der Waals surface area contributed by atoms with Gasteiger partial charge in [-0.2, -0.15) is 0 Å². The number of hydrogen-bond acceptors (Lipinski definition) is 3. The summed E-state index contributed by atoms with van der Waals surface area (Å²) in [6.45, 7) is 6.61. The number of amides is 1. The molecule has 0 aliphatic rings. The Hall–Kier alpha value is -2.62. The van der Waals surface area contributed by atoms with E-state index in [-0.39, 0.29) is 11.9 Å². The van der Waals surface area contributed by atoms with Gasteiger partial charge in [-0.05, 0) is 43.5 Å². The molecule has 25 heavy (non-hydrogen) atoms. The van der Waals surface area contributed by atoms with Gasteiger partial charge in [-0.15, -0.1) is 0 Å². The summed E-state index contributed by atoms with van der Waals surface area (Å²) < 4.78 is 5.50. The van der Waals surface area contributed by atoms with Gasteiger partial charge in [-0.1, -0.05) is 36.4 Å². The van der Waals surface area contributed by atoms with Gasteiger partial charge in [0.2, 0.25) is 5.91 Å². The summed E-state index contributed by atoms with van der Waals surface area (Å²) >= 11 is 0. The molecule has 0 saturated heterocycles. The highest BCUT2D eigenvalue weighted by Gasteiger charge is 2.17. The van der Waals surface area contributed by atoms with E-state index in [1.807, 2.05) is 48.2 Å². The Morgan fingerprint density at radius 1 is 1.12 bits per heavy atom. The van der Waals surface area contributed by atoms with Gasteiger partial charge in [0.1, 0.15) is 5.52 Å². The highest BCUT2D eigenvalue weighted by atomic mass is 16.3. The average molecular weight is 336 g/mol. The summed E-state index contributed by atoms with van der Waals surface area (Å²) in [6, 6.07) is 16.3. The van der Waals surface area contributed by atoms with Crippen molar-refractivity contribution in [1.29, 1.82) is 0 Å². The fourth-order valence-corrected chi connectivity index (χ4v) is 2.98. The number of aryl methyl sites for hydroxylation is 2. The monoisotopic (exact) mass is 336 g/mol. The smallest absolute Gasteiger partial charge is 0.223 e. The molecule has 4 nitrogen and oxygen atoms in total. The first-order valence-electron chi connectivity index (χ1n) is 8.72. The number of fused-ring (bicyclic) bond motifs is 1. The van der Waals surface area contributed by atoms with E-state index in [2.05, 4.69) is 31.0 Å². The molecule has 130 valence electrons. The second-order valence-electron chi connectivity index (χ2n) is 6.64. The summed E-state index contributed by atoms with van der Waals surface area (Å²) in [7, 11) is 0. The van der Waals surface area contributed by atoms with E-state index in [0.29, 0.717) is 25.3 Å². The molecule has 1 amide bonds. The Kier molecular flexibility index (Phi) is 5.17. The van der Waals surface area contributed by atoms with Crippen molar-refractivity contribution in [2.24, 2.45) is 0 Å². The van der Waals surface area contributed by atoms with E-state index in [9.17, 15) is 4.79 Å². The molecule has 0 N–H and O–H groups in total. The SMILES string of the molecule is Cc1nc2cc(CCC(=O)N(Cc3ccccc3)C(C)C)ccc2o1. The molecule has 2 aromatic carbocycles. The topological polar surface area (TPSA) is 46.3 Å². The minimum absolute atomic E-state index is 0.174. The zero-order chi connectivity index (χ0) is 17.8. The molecule has 0 spiro atoms. The Morgan fingerprint density at radius 2 is 1.88 bits per heavy atom. The lowest BCUT2D eigenvalue weighted by atomic mass is 10.1. The van der Waals surface area contributed by atoms with Gasteiger partial charge in [-0.25, -0.2) is 4.98 Å². The van der Waals surface area contributed by atoms with Crippen LogP contribution in [0.2, 0.25) is 0 Å².